The normalized spacial score (nSPS) is 11.0. The Bertz CT molecular complexity index is 364. The molecule has 1 aromatic rings. The second-order valence-electron chi connectivity index (χ2n) is 4.56. The standard InChI is InChI=1S/C14H24FN3/c1-4-11(5-2)10-18(6-3)14-12(8-16)7-13(15)9-17-14/h7,9,11H,4-6,8,10,16H2,1-3H3. The molecule has 0 aliphatic rings. The molecule has 0 saturated heterocycles. The first kappa shape index (κ1) is 14.9. The quantitative estimate of drug-likeness (QED) is 0.812. The zero-order valence-corrected chi connectivity index (χ0v) is 11.6. The Balaban J connectivity index is 2.93. The molecule has 18 heavy (non-hydrogen) atoms. The number of hydrogen-bond donors (Lipinski definition) is 1. The van der Waals surface area contributed by atoms with Crippen LogP contribution in [0.1, 0.15) is 39.2 Å². The van der Waals surface area contributed by atoms with E-state index >= 15 is 0 Å². The zero-order valence-electron chi connectivity index (χ0n) is 11.6. The number of hydrogen-bond acceptors (Lipinski definition) is 3. The summed E-state index contributed by atoms with van der Waals surface area (Å²) in [5, 5.41) is 0. The van der Waals surface area contributed by atoms with E-state index in [0.29, 0.717) is 12.5 Å². The molecule has 102 valence electrons. The number of halogens is 1. The molecule has 0 unspecified atom stereocenters. The lowest BCUT2D eigenvalue weighted by molar-refractivity contribution is 0.483. The highest BCUT2D eigenvalue weighted by atomic mass is 19.1. The van der Waals surface area contributed by atoms with Crippen LogP contribution in [0.4, 0.5) is 10.2 Å². The van der Waals surface area contributed by atoms with Crippen molar-refractivity contribution >= 4 is 5.82 Å². The van der Waals surface area contributed by atoms with E-state index in [1.807, 2.05) is 0 Å². The first-order chi connectivity index (χ1) is 8.65. The largest absolute Gasteiger partial charge is 0.356 e. The van der Waals surface area contributed by atoms with Crippen molar-refractivity contribution in [1.82, 2.24) is 4.98 Å². The molecule has 0 spiro atoms. The Labute approximate surface area is 109 Å². The number of nitrogens with two attached hydrogens (primary N) is 1. The lowest BCUT2D eigenvalue weighted by atomic mass is 10.0. The molecular weight excluding hydrogens is 229 g/mol. The van der Waals surface area contributed by atoms with Crippen molar-refractivity contribution in [3.63, 3.8) is 0 Å². The van der Waals surface area contributed by atoms with Gasteiger partial charge >= 0.3 is 0 Å². The molecule has 0 fully saturated rings. The van der Waals surface area contributed by atoms with Gasteiger partial charge in [-0.15, -0.1) is 0 Å². The van der Waals surface area contributed by atoms with Gasteiger partial charge in [0, 0.05) is 25.2 Å². The summed E-state index contributed by atoms with van der Waals surface area (Å²) in [6.07, 6.45) is 3.56. The number of anilines is 1. The summed E-state index contributed by atoms with van der Waals surface area (Å²) in [6, 6.07) is 1.48. The third-order valence-corrected chi connectivity index (χ3v) is 3.44. The minimum atomic E-state index is -0.321. The van der Waals surface area contributed by atoms with Gasteiger partial charge in [-0.25, -0.2) is 9.37 Å². The molecule has 0 amide bonds. The van der Waals surface area contributed by atoms with Crippen LogP contribution in [0.15, 0.2) is 12.3 Å². The van der Waals surface area contributed by atoms with Crippen LogP contribution in [-0.2, 0) is 6.54 Å². The Kier molecular flexibility index (Phi) is 6.05. The highest BCUT2D eigenvalue weighted by Crippen LogP contribution is 2.21. The molecule has 0 radical (unpaired) electrons. The summed E-state index contributed by atoms with van der Waals surface area (Å²) >= 11 is 0. The fourth-order valence-corrected chi connectivity index (χ4v) is 2.13. The van der Waals surface area contributed by atoms with Gasteiger partial charge in [0.15, 0.2) is 0 Å². The van der Waals surface area contributed by atoms with Crippen molar-refractivity contribution < 1.29 is 4.39 Å². The Morgan fingerprint density at radius 1 is 1.33 bits per heavy atom. The molecule has 0 aromatic carbocycles. The summed E-state index contributed by atoms with van der Waals surface area (Å²) in [7, 11) is 0. The van der Waals surface area contributed by atoms with Crippen LogP contribution in [0.3, 0.4) is 0 Å². The van der Waals surface area contributed by atoms with Crippen molar-refractivity contribution in [2.45, 2.75) is 40.2 Å². The van der Waals surface area contributed by atoms with Crippen molar-refractivity contribution in [2.75, 3.05) is 18.0 Å². The summed E-state index contributed by atoms with van der Waals surface area (Å²) in [5.41, 5.74) is 6.45. The van der Waals surface area contributed by atoms with Crippen molar-refractivity contribution in [3.8, 4) is 0 Å². The minimum Gasteiger partial charge on any atom is -0.356 e. The first-order valence-corrected chi connectivity index (χ1v) is 6.75. The van der Waals surface area contributed by atoms with Gasteiger partial charge in [-0.1, -0.05) is 26.7 Å². The van der Waals surface area contributed by atoms with Gasteiger partial charge in [-0.05, 0) is 18.9 Å². The molecule has 1 aromatic heterocycles. The topological polar surface area (TPSA) is 42.2 Å². The summed E-state index contributed by atoms with van der Waals surface area (Å²) < 4.78 is 13.2. The van der Waals surface area contributed by atoms with Gasteiger partial charge in [0.25, 0.3) is 0 Å². The van der Waals surface area contributed by atoms with Crippen LogP contribution in [-0.4, -0.2) is 18.1 Å². The zero-order chi connectivity index (χ0) is 13.5. The predicted octanol–water partition coefficient (Wildman–Crippen LogP) is 2.94. The smallest absolute Gasteiger partial charge is 0.141 e. The summed E-state index contributed by atoms with van der Waals surface area (Å²) in [4.78, 5) is 6.41. The lowest BCUT2D eigenvalue weighted by Gasteiger charge is -2.28. The van der Waals surface area contributed by atoms with Crippen molar-refractivity contribution in [2.24, 2.45) is 11.7 Å². The number of rotatable bonds is 7. The monoisotopic (exact) mass is 253 g/mol. The second-order valence-corrected chi connectivity index (χ2v) is 4.56. The average Bonchev–Trinajstić information content (AvgIpc) is 2.41. The molecule has 0 bridgehead atoms. The second kappa shape index (κ2) is 7.31. The van der Waals surface area contributed by atoms with Gasteiger partial charge in [0.05, 0.1) is 6.20 Å². The lowest BCUT2D eigenvalue weighted by Crippen LogP contribution is -2.31. The molecule has 0 aliphatic carbocycles. The predicted molar refractivity (Wildman–Crippen MR) is 74.0 cm³/mol. The summed E-state index contributed by atoms with van der Waals surface area (Å²) in [6.45, 7) is 8.62. The molecule has 1 rings (SSSR count). The molecule has 1 heterocycles. The Morgan fingerprint density at radius 3 is 2.50 bits per heavy atom. The van der Waals surface area contributed by atoms with E-state index in [1.54, 1.807) is 0 Å². The highest BCUT2D eigenvalue weighted by Gasteiger charge is 2.15. The van der Waals surface area contributed by atoms with Gasteiger partial charge in [0.2, 0.25) is 0 Å². The number of nitrogens with zero attached hydrogens (tertiary/aromatic N) is 2. The fourth-order valence-electron chi connectivity index (χ4n) is 2.13. The molecule has 0 aliphatic heterocycles. The van der Waals surface area contributed by atoms with E-state index in [-0.39, 0.29) is 5.82 Å². The third-order valence-electron chi connectivity index (χ3n) is 3.44. The van der Waals surface area contributed by atoms with Gasteiger partial charge in [-0.3, -0.25) is 0 Å². The molecular formula is C14H24FN3. The third kappa shape index (κ3) is 3.67. The molecule has 0 atom stereocenters. The fraction of sp³-hybridized carbons (Fsp3) is 0.643. The van der Waals surface area contributed by atoms with E-state index in [4.69, 9.17) is 5.73 Å². The SMILES string of the molecule is CCC(CC)CN(CC)c1ncc(F)cc1CN. The molecule has 4 heteroatoms. The van der Waals surface area contributed by atoms with E-state index in [9.17, 15) is 4.39 Å². The van der Waals surface area contributed by atoms with Crippen LogP contribution < -0.4 is 10.6 Å². The van der Waals surface area contributed by atoms with Gasteiger partial charge < -0.3 is 10.6 Å². The number of aromatic nitrogens is 1. The van der Waals surface area contributed by atoms with E-state index in [0.717, 1.165) is 37.3 Å². The number of pyridine rings is 1. The maximum absolute atomic E-state index is 13.2. The Morgan fingerprint density at radius 2 is 2.00 bits per heavy atom. The molecule has 0 saturated carbocycles. The molecule has 3 nitrogen and oxygen atoms in total. The van der Waals surface area contributed by atoms with Crippen LogP contribution in [0.2, 0.25) is 0 Å². The average molecular weight is 253 g/mol. The van der Waals surface area contributed by atoms with Crippen LogP contribution in [0.25, 0.3) is 0 Å². The van der Waals surface area contributed by atoms with Crippen molar-refractivity contribution in [3.05, 3.63) is 23.6 Å². The van der Waals surface area contributed by atoms with Gasteiger partial charge in [-0.2, -0.15) is 0 Å². The summed E-state index contributed by atoms with van der Waals surface area (Å²) in [5.74, 6) is 1.15. The van der Waals surface area contributed by atoms with Crippen LogP contribution >= 0.6 is 0 Å². The van der Waals surface area contributed by atoms with E-state index in [1.165, 1.54) is 12.3 Å². The minimum absolute atomic E-state index is 0.319. The van der Waals surface area contributed by atoms with Gasteiger partial charge in [0.1, 0.15) is 11.6 Å². The highest BCUT2D eigenvalue weighted by molar-refractivity contribution is 5.46. The van der Waals surface area contributed by atoms with E-state index < -0.39 is 0 Å². The van der Waals surface area contributed by atoms with Crippen LogP contribution in [0.5, 0.6) is 0 Å². The first-order valence-electron chi connectivity index (χ1n) is 6.75. The van der Waals surface area contributed by atoms with E-state index in [2.05, 4.69) is 30.7 Å². The van der Waals surface area contributed by atoms with Crippen LogP contribution in [0, 0.1) is 11.7 Å². The maximum atomic E-state index is 13.2. The molecule has 2 N–H and O–H groups in total. The van der Waals surface area contributed by atoms with Crippen molar-refractivity contribution in [1.29, 1.82) is 0 Å². The Hall–Kier alpha value is -1.16. The maximum Gasteiger partial charge on any atom is 0.141 e.